The van der Waals surface area contributed by atoms with Crippen LogP contribution in [0.3, 0.4) is 0 Å². The summed E-state index contributed by atoms with van der Waals surface area (Å²) in [4.78, 5) is 7.36. The van der Waals surface area contributed by atoms with Crippen molar-refractivity contribution >= 4 is 0 Å². The van der Waals surface area contributed by atoms with Crippen molar-refractivity contribution in [2.45, 2.75) is 122 Å². The van der Waals surface area contributed by atoms with Crippen LogP contribution in [0.15, 0.2) is 12.4 Å². The molecule has 0 aliphatic rings. The lowest BCUT2D eigenvalue weighted by atomic mass is 10.0. The fourth-order valence-corrected chi connectivity index (χ4v) is 3.63. The number of rotatable bonds is 21. The minimum atomic E-state index is 0.861. The molecule has 0 fully saturated rings. The molecule has 158 valence electrons. The second kappa shape index (κ2) is 19.9. The van der Waals surface area contributed by atoms with E-state index in [1.54, 1.807) is 0 Å². The van der Waals surface area contributed by atoms with Gasteiger partial charge in [-0.1, -0.05) is 103 Å². The topological polar surface area (TPSA) is 37.9 Å². The van der Waals surface area contributed by atoms with Crippen molar-refractivity contribution in [1.82, 2.24) is 9.97 Å². The number of nitrogens with one attached hydrogen (secondary N) is 1. The molecular weight excluding hydrogens is 332 g/mol. The summed E-state index contributed by atoms with van der Waals surface area (Å²) in [5.41, 5.74) is 0. The minimum Gasteiger partial charge on any atom is -0.381 e. The van der Waals surface area contributed by atoms with Gasteiger partial charge in [0.05, 0.1) is 0 Å². The number of H-pyrrole nitrogens is 1. The Balaban J connectivity index is 1.64. The minimum absolute atomic E-state index is 0.861. The molecule has 27 heavy (non-hydrogen) atoms. The maximum absolute atomic E-state index is 5.71. The summed E-state index contributed by atoms with van der Waals surface area (Å²) in [6.07, 6.45) is 28.5. The molecule has 0 bridgehead atoms. The molecule has 0 radical (unpaired) electrons. The Morgan fingerprint density at radius 3 is 1.63 bits per heavy atom. The molecule has 0 spiro atoms. The van der Waals surface area contributed by atoms with Gasteiger partial charge in [-0.05, 0) is 12.8 Å². The zero-order valence-electron chi connectivity index (χ0n) is 18.2. The van der Waals surface area contributed by atoms with Gasteiger partial charge in [0, 0.05) is 32.0 Å². The molecule has 0 aliphatic carbocycles. The van der Waals surface area contributed by atoms with E-state index in [0.717, 1.165) is 31.9 Å². The van der Waals surface area contributed by atoms with Gasteiger partial charge in [-0.15, -0.1) is 0 Å². The number of unbranched alkanes of at least 4 members (excludes halogenated alkanes) is 15. The van der Waals surface area contributed by atoms with Crippen molar-refractivity contribution in [3.8, 4) is 0 Å². The van der Waals surface area contributed by atoms with Gasteiger partial charge in [-0.25, -0.2) is 4.98 Å². The Hall–Kier alpha value is -0.830. The van der Waals surface area contributed by atoms with E-state index in [1.807, 2.05) is 12.4 Å². The number of hydrogen-bond acceptors (Lipinski definition) is 2. The molecule has 0 amide bonds. The number of nitrogens with zero attached hydrogens (tertiary/aromatic N) is 1. The van der Waals surface area contributed by atoms with Gasteiger partial charge in [-0.2, -0.15) is 0 Å². The number of aromatic amines is 1. The highest BCUT2D eigenvalue weighted by atomic mass is 16.5. The molecule has 0 saturated carbocycles. The molecule has 0 atom stereocenters. The molecule has 3 heteroatoms. The van der Waals surface area contributed by atoms with Gasteiger partial charge in [0.1, 0.15) is 5.82 Å². The van der Waals surface area contributed by atoms with Crippen molar-refractivity contribution in [2.75, 3.05) is 13.2 Å². The van der Waals surface area contributed by atoms with E-state index in [9.17, 15) is 0 Å². The van der Waals surface area contributed by atoms with E-state index in [4.69, 9.17) is 4.74 Å². The first-order valence-corrected chi connectivity index (χ1v) is 12.0. The zero-order valence-corrected chi connectivity index (χ0v) is 18.2. The summed E-state index contributed by atoms with van der Waals surface area (Å²) in [7, 11) is 0. The van der Waals surface area contributed by atoms with E-state index in [1.165, 1.54) is 103 Å². The number of aryl methyl sites for hydroxylation is 1. The molecule has 1 aromatic heterocycles. The predicted octanol–water partition coefficient (Wildman–Crippen LogP) is 7.62. The Morgan fingerprint density at radius 2 is 1.15 bits per heavy atom. The first kappa shape index (κ1) is 24.2. The van der Waals surface area contributed by atoms with Crippen LogP contribution in [0.1, 0.15) is 122 Å². The van der Waals surface area contributed by atoms with Crippen molar-refractivity contribution < 1.29 is 4.74 Å². The summed E-state index contributed by atoms with van der Waals surface area (Å²) >= 11 is 0. The first-order valence-electron chi connectivity index (χ1n) is 12.0. The van der Waals surface area contributed by atoms with Gasteiger partial charge in [0.15, 0.2) is 0 Å². The lowest BCUT2D eigenvalue weighted by molar-refractivity contribution is 0.127. The van der Waals surface area contributed by atoms with Crippen molar-refractivity contribution in [3.63, 3.8) is 0 Å². The predicted molar refractivity (Wildman–Crippen MR) is 117 cm³/mol. The highest BCUT2D eigenvalue weighted by Crippen LogP contribution is 2.13. The van der Waals surface area contributed by atoms with Crippen LogP contribution in [0.4, 0.5) is 0 Å². The molecule has 0 saturated heterocycles. The third-order valence-electron chi connectivity index (χ3n) is 5.40. The zero-order chi connectivity index (χ0) is 19.3. The quantitative estimate of drug-likeness (QED) is 0.223. The molecule has 1 aromatic rings. The van der Waals surface area contributed by atoms with Crippen LogP contribution in [0.25, 0.3) is 0 Å². The summed E-state index contributed by atoms with van der Waals surface area (Å²) in [6.45, 7) is 4.08. The number of aromatic nitrogens is 2. The number of hydrogen-bond donors (Lipinski definition) is 1. The normalized spacial score (nSPS) is 11.3. The second-order valence-electron chi connectivity index (χ2n) is 8.06. The van der Waals surface area contributed by atoms with E-state index >= 15 is 0 Å². The van der Waals surface area contributed by atoms with Gasteiger partial charge >= 0.3 is 0 Å². The first-order chi connectivity index (χ1) is 13.4. The van der Waals surface area contributed by atoms with Gasteiger partial charge in [0.25, 0.3) is 0 Å². The third kappa shape index (κ3) is 17.0. The fourth-order valence-electron chi connectivity index (χ4n) is 3.63. The summed E-state index contributed by atoms with van der Waals surface area (Å²) in [5, 5.41) is 0. The van der Waals surface area contributed by atoms with Crippen LogP contribution < -0.4 is 0 Å². The SMILES string of the molecule is CCCCCCCCCCCCCCCCCCOCCCc1ncc[nH]1. The lowest BCUT2D eigenvalue weighted by Gasteiger charge is -2.05. The Morgan fingerprint density at radius 1 is 0.667 bits per heavy atom. The van der Waals surface area contributed by atoms with Crippen molar-refractivity contribution in [3.05, 3.63) is 18.2 Å². The summed E-state index contributed by atoms with van der Waals surface area (Å²) < 4.78 is 5.71. The summed E-state index contributed by atoms with van der Waals surface area (Å²) in [6, 6.07) is 0. The molecule has 1 heterocycles. The highest BCUT2D eigenvalue weighted by molar-refractivity contribution is 4.86. The largest absolute Gasteiger partial charge is 0.381 e. The molecule has 3 nitrogen and oxygen atoms in total. The molecule has 0 aliphatic heterocycles. The monoisotopic (exact) mass is 378 g/mol. The molecular formula is C24H46N2O. The molecule has 1 N–H and O–H groups in total. The van der Waals surface area contributed by atoms with Crippen LogP contribution in [-0.2, 0) is 11.2 Å². The maximum Gasteiger partial charge on any atom is 0.106 e. The van der Waals surface area contributed by atoms with Crippen molar-refractivity contribution in [1.29, 1.82) is 0 Å². The molecule has 0 unspecified atom stereocenters. The van der Waals surface area contributed by atoms with Crippen LogP contribution in [-0.4, -0.2) is 23.2 Å². The second-order valence-corrected chi connectivity index (χ2v) is 8.06. The Labute approximate surface area is 169 Å². The van der Waals surface area contributed by atoms with Crippen LogP contribution in [0, 0.1) is 0 Å². The molecule has 0 aromatic carbocycles. The lowest BCUT2D eigenvalue weighted by Crippen LogP contribution is -1.99. The van der Waals surface area contributed by atoms with Crippen LogP contribution >= 0.6 is 0 Å². The highest BCUT2D eigenvalue weighted by Gasteiger charge is 1.96. The summed E-state index contributed by atoms with van der Waals surface area (Å²) in [5.74, 6) is 1.07. The molecule has 1 rings (SSSR count). The third-order valence-corrected chi connectivity index (χ3v) is 5.40. The van der Waals surface area contributed by atoms with Gasteiger partial charge in [-0.3, -0.25) is 0 Å². The smallest absolute Gasteiger partial charge is 0.106 e. The van der Waals surface area contributed by atoms with Crippen LogP contribution in [0.2, 0.25) is 0 Å². The van der Waals surface area contributed by atoms with E-state index in [-0.39, 0.29) is 0 Å². The van der Waals surface area contributed by atoms with E-state index < -0.39 is 0 Å². The average molecular weight is 379 g/mol. The fraction of sp³-hybridized carbons (Fsp3) is 0.875. The average Bonchev–Trinajstić information content (AvgIpc) is 3.20. The van der Waals surface area contributed by atoms with Crippen molar-refractivity contribution in [2.24, 2.45) is 0 Å². The number of ether oxygens (including phenoxy) is 1. The standard InChI is InChI=1S/C24H46N2O/c1-2-3-4-5-6-7-8-9-10-11-12-13-14-15-16-17-22-27-23-18-19-24-25-20-21-26-24/h20-21H,2-19,22-23H2,1H3,(H,25,26). The Kier molecular flexibility index (Phi) is 17.9. The Bertz CT molecular complexity index is 378. The maximum atomic E-state index is 5.71. The number of imidazole rings is 1. The van der Waals surface area contributed by atoms with Crippen LogP contribution in [0.5, 0.6) is 0 Å². The van der Waals surface area contributed by atoms with E-state index in [0.29, 0.717) is 0 Å². The van der Waals surface area contributed by atoms with Gasteiger partial charge < -0.3 is 9.72 Å². The van der Waals surface area contributed by atoms with E-state index in [2.05, 4.69) is 16.9 Å². The van der Waals surface area contributed by atoms with Gasteiger partial charge in [0.2, 0.25) is 0 Å².